The van der Waals surface area contributed by atoms with Gasteiger partial charge in [0, 0.05) is 51.6 Å². The first-order valence-electron chi connectivity index (χ1n) is 7.94. The molecule has 0 atom stereocenters. The highest BCUT2D eigenvalue weighted by molar-refractivity contribution is 7.10. The van der Waals surface area contributed by atoms with E-state index < -0.39 is 0 Å². The number of nitrogens with one attached hydrogen (secondary N) is 2. The number of aromatic nitrogens is 3. The Labute approximate surface area is 143 Å². The number of thiazole rings is 1. The van der Waals surface area contributed by atoms with Crippen LogP contribution >= 0.6 is 11.3 Å². The summed E-state index contributed by atoms with van der Waals surface area (Å²) in [6.45, 7) is 0. The predicted molar refractivity (Wildman–Crippen MR) is 101 cm³/mol. The van der Waals surface area contributed by atoms with E-state index in [4.69, 9.17) is 4.98 Å². The standard InChI is InChI=1S/C20H15N3S/c1-3-7-17-14(5-1)13(10-21-17)9-20-23-19(12-24-20)16-11-22-18-8-4-2-6-15(16)18/h1-8,10-12,21-22H,9H2. The molecule has 2 N–H and O–H groups in total. The van der Waals surface area contributed by atoms with Crippen LogP contribution in [0.25, 0.3) is 33.1 Å². The Morgan fingerprint density at radius 3 is 2.42 bits per heavy atom. The monoisotopic (exact) mass is 329 g/mol. The molecule has 5 aromatic rings. The molecule has 5 rings (SSSR count). The molecule has 0 spiro atoms. The zero-order valence-electron chi connectivity index (χ0n) is 12.9. The van der Waals surface area contributed by atoms with E-state index >= 15 is 0 Å². The molecule has 0 unspecified atom stereocenters. The fourth-order valence-electron chi connectivity index (χ4n) is 3.24. The third-order valence-corrected chi connectivity index (χ3v) is 5.28. The van der Waals surface area contributed by atoms with Gasteiger partial charge in [-0.2, -0.15) is 0 Å². The summed E-state index contributed by atoms with van der Waals surface area (Å²) in [6.07, 6.45) is 5.00. The number of benzene rings is 2. The third-order valence-electron chi connectivity index (χ3n) is 4.43. The molecule has 0 radical (unpaired) electrons. The van der Waals surface area contributed by atoms with Crippen LogP contribution in [0.2, 0.25) is 0 Å². The number of nitrogens with zero attached hydrogens (tertiary/aromatic N) is 1. The quantitative estimate of drug-likeness (QED) is 0.459. The number of para-hydroxylation sites is 2. The fraction of sp³-hybridized carbons (Fsp3) is 0.0500. The average Bonchev–Trinajstić information content (AvgIpc) is 3.34. The smallest absolute Gasteiger partial charge is 0.0977 e. The zero-order chi connectivity index (χ0) is 15.9. The molecule has 0 aliphatic heterocycles. The van der Waals surface area contributed by atoms with Crippen LogP contribution in [0.3, 0.4) is 0 Å². The largest absolute Gasteiger partial charge is 0.361 e. The molecule has 3 aromatic heterocycles. The molecule has 0 aliphatic rings. The van der Waals surface area contributed by atoms with Crippen LogP contribution in [0.15, 0.2) is 66.3 Å². The SMILES string of the molecule is c1ccc2c(Cc3nc(-c4c[nH]c5ccccc45)cs3)c[nH]c2c1. The minimum Gasteiger partial charge on any atom is -0.361 e. The normalized spacial score (nSPS) is 11.5. The summed E-state index contributed by atoms with van der Waals surface area (Å²) in [5.41, 5.74) is 5.85. The molecule has 3 heterocycles. The lowest BCUT2D eigenvalue weighted by atomic mass is 10.1. The van der Waals surface area contributed by atoms with E-state index in [1.807, 2.05) is 6.07 Å². The molecule has 2 aromatic carbocycles. The second-order valence-electron chi connectivity index (χ2n) is 5.91. The van der Waals surface area contributed by atoms with Gasteiger partial charge in [0.15, 0.2) is 0 Å². The van der Waals surface area contributed by atoms with Crippen molar-refractivity contribution in [1.82, 2.24) is 15.0 Å². The van der Waals surface area contributed by atoms with Crippen LogP contribution in [0, 0.1) is 0 Å². The van der Waals surface area contributed by atoms with Gasteiger partial charge in [0.1, 0.15) is 0 Å². The van der Waals surface area contributed by atoms with Gasteiger partial charge in [0.05, 0.1) is 10.7 Å². The van der Waals surface area contributed by atoms with Crippen molar-refractivity contribution in [1.29, 1.82) is 0 Å². The van der Waals surface area contributed by atoms with Crippen molar-refractivity contribution in [3.8, 4) is 11.3 Å². The number of fused-ring (bicyclic) bond motifs is 2. The Morgan fingerprint density at radius 2 is 1.54 bits per heavy atom. The lowest BCUT2D eigenvalue weighted by Crippen LogP contribution is -1.86. The van der Waals surface area contributed by atoms with E-state index in [0.29, 0.717) is 0 Å². The van der Waals surface area contributed by atoms with Gasteiger partial charge in [-0.1, -0.05) is 36.4 Å². The highest BCUT2D eigenvalue weighted by atomic mass is 32.1. The number of hydrogen-bond acceptors (Lipinski definition) is 2. The lowest BCUT2D eigenvalue weighted by Gasteiger charge is -1.96. The summed E-state index contributed by atoms with van der Waals surface area (Å²) in [5, 5.41) is 5.79. The van der Waals surface area contributed by atoms with Crippen molar-refractivity contribution >= 4 is 33.1 Å². The van der Waals surface area contributed by atoms with E-state index in [1.165, 1.54) is 27.4 Å². The minimum absolute atomic E-state index is 0.858. The van der Waals surface area contributed by atoms with E-state index in [9.17, 15) is 0 Å². The van der Waals surface area contributed by atoms with Gasteiger partial charge in [-0.25, -0.2) is 4.98 Å². The summed E-state index contributed by atoms with van der Waals surface area (Å²) in [7, 11) is 0. The second kappa shape index (κ2) is 5.35. The third kappa shape index (κ3) is 2.15. The van der Waals surface area contributed by atoms with Crippen molar-refractivity contribution in [3.63, 3.8) is 0 Å². The van der Waals surface area contributed by atoms with Crippen molar-refractivity contribution < 1.29 is 0 Å². The molecule has 24 heavy (non-hydrogen) atoms. The Morgan fingerprint density at radius 1 is 0.833 bits per heavy atom. The van der Waals surface area contributed by atoms with Crippen molar-refractivity contribution in [3.05, 3.63) is 76.9 Å². The maximum absolute atomic E-state index is 4.87. The van der Waals surface area contributed by atoms with Gasteiger partial charge in [-0.05, 0) is 17.7 Å². The summed E-state index contributed by atoms with van der Waals surface area (Å²) in [4.78, 5) is 11.5. The zero-order valence-corrected chi connectivity index (χ0v) is 13.7. The van der Waals surface area contributed by atoms with Crippen LogP contribution in [-0.2, 0) is 6.42 Å². The number of rotatable bonds is 3. The van der Waals surface area contributed by atoms with Crippen molar-refractivity contribution in [2.45, 2.75) is 6.42 Å². The topological polar surface area (TPSA) is 44.5 Å². The van der Waals surface area contributed by atoms with Gasteiger partial charge < -0.3 is 9.97 Å². The molecule has 0 aliphatic carbocycles. The molecule has 0 saturated heterocycles. The van der Waals surface area contributed by atoms with E-state index in [0.717, 1.165) is 22.6 Å². The Bertz CT molecular complexity index is 1150. The number of hydrogen-bond donors (Lipinski definition) is 2. The summed E-state index contributed by atoms with van der Waals surface area (Å²) in [6, 6.07) is 16.8. The molecule has 116 valence electrons. The summed E-state index contributed by atoms with van der Waals surface area (Å²) < 4.78 is 0. The molecule has 0 bridgehead atoms. The molecule has 4 heteroatoms. The maximum atomic E-state index is 4.87. The van der Waals surface area contributed by atoms with Gasteiger partial charge in [0.2, 0.25) is 0 Å². The molecule has 0 amide bonds. The van der Waals surface area contributed by atoms with Gasteiger partial charge in [0.25, 0.3) is 0 Å². The Kier molecular flexibility index (Phi) is 3.03. The first-order valence-corrected chi connectivity index (χ1v) is 8.82. The minimum atomic E-state index is 0.858. The first kappa shape index (κ1) is 13.6. The van der Waals surface area contributed by atoms with Gasteiger partial charge in [-0.3, -0.25) is 0 Å². The summed E-state index contributed by atoms with van der Waals surface area (Å²) >= 11 is 1.72. The molecule has 0 saturated carbocycles. The van der Waals surface area contributed by atoms with Gasteiger partial charge >= 0.3 is 0 Å². The van der Waals surface area contributed by atoms with Crippen molar-refractivity contribution in [2.24, 2.45) is 0 Å². The maximum Gasteiger partial charge on any atom is 0.0977 e. The Hall–Kier alpha value is -2.85. The van der Waals surface area contributed by atoms with Crippen molar-refractivity contribution in [2.75, 3.05) is 0 Å². The molecular formula is C20H15N3S. The highest BCUT2D eigenvalue weighted by Gasteiger charge is 2.11. The lowest BCUT2D eigenvalue weighted by molar-refractivity contribution is 1.15. The van der Waals surface area contributed by atoms with Crippen LogP contribution in [0.4, 0.5) is 0 Å². The van der Waals surface area contributed by atoms with Crippen LogP contribution < -0.4 is 0 Å². The average molecular weight is 329 g/mol. The number of aromatic amines is 2. The highest BCUT2D eigenvalue weighted by Crippen LogP contribution is 2.30. The predicted octanol–water partition coefficient (Wildman–Crippen LogP) is 5.36. The molecular weight excluding hydrogens is 314 g/mol. The van der Waals surface area contributed by atoms with Crippen LogP contribution in [-0.4, -0.2) is 15.0 Å². The Balaban J connectivity index is 1.51. The van der Waals surface area contributed by atoms with Crippen LogP contribution in [0.1, 0.15) is 10.6 Å². The van der Waals surface area contributed by atoms with E-state index in [-0.39, 0.29) is 0 Å². The molecule has 0 fully saturated rings. The van der Waals surface area contributed by atoms with Crippen LogP contribution in [0.5, 0.6) is 0 Å². The number of H-pyrrole nitrogens is 2. The second-order valence-corrected chi connectivity index (χ2v) is 6.85. The van der Waals surface area contributed by atoms with Gasteiger partial charge in [-0.15, -0.1) is 11.3 Å². The molecule has 3 nitrogen and oxygen atoms in total. The first-order chi connectivity index (χ1) is 11.9. The fourth-order valence-corrected chi connectivity index (χ4v) is 4.06. The van der Waals surface area contributed by atoms with E-state index in [2.05, 4.69) is 70.2 Å². The summed E-state index contributed by atoms with van der Waals surface area (Å²) in [5.74, 6) is 0. The van der Waals surface area contributed by atoms with E-state index in [1.54, 1.807) is 11.3 Å².